The number of carbonyl (C=O) groups is 2. The van der Waals surface area contributed by atoms with Crippen LogP contribution in [0.5, 0.6) is 0 Å². The van der Waals surface area contributed by atoms with Gasteiger partial charge in [-0.1, -0.05) is 36.4 Å². The summed E-state index contributed by atoms with van der Waals surface area (Å²) in [5.41, 5.74) is 0.522. The van der Waals surface area contributed by atoms with Crippen LogP contribution in [-0.4, -0.2) is 71.6 Å². The minimum Gasteiger partial charge on any atom is -0.498 e. The molecule has 0 N–H and O–H groups in total. The van der Waals surface area contributed by atoms with Crippen molar-refractivity contribution in [3.8, 4) is 0 Å². The summed E-state index contributed by atoms with van der Waals surface area (Å²) in [5, 5.41) is 13.2. The highest BCUT2D eigenvalue weighted by molar-refractivity contribution is 5.71. The number of aldehydes is 1. The molecule has 8 heteroatoms. The first-order valence-corrected chi connectivity index (χ1v) is 12.9. The monoisotopic (exact) mass is 509 g/mol. The number of benzene rings is 2. The molecule has 0 bridgehead atoms. The minimum absolute atomic E-state index is 0.00208. The normalized spacial score (nSPS) is 30.4. The molecular formula is C29H33F2N3O3. The first-order valence-electron chi connectivity index (χ1n) is 12.9. The number of rotatable bonds is 7. The molecule has 2 aromatic carbocycles. The Kier molecular flexibility index (Phi) is 6.77. The van der Waals surface area contributed by atoms with Gasteiger partial charge in [0.25, 0.3) is 6.09 Å². The van der Waals surface area contributed by atoms with E-state index < -0.39 is 29.4 Å². The number of amides is 1. The molecule has 196 valence electrons. The van der Waals surface area contributed by atoms with Gasteiger partial charge in [-0.15, -0.1) is 0 Å². The van der Waals surface area contributed by atoms with Crippen LogP contribution in [0.15, 0.2) is 54.6 Å². The largest absolute Gasteiger partial charge is 0.498 e. The van der Waals surface area contributed by atoms with Crippen LogP contribution in [0.4, 0.5) is 13.6 Å². The third-order valence-electron chi connectivity index (χ3n) is 8.74. The van der Waals surface area contributed by atoms with E-state index in [-0.39, 0.29) is 35.1 Å². The van der Waals surface area contributed by atoms with Gasteiger partial charge in [-0.25, -0.2) is 13.7 Å². The van der Waals surface area contributed by atoms with E-state index in [0.29, 0.717) is 25.0 Å². The van der Waals surface area contributed by atoms with Crippen molar-refractivity contribution in [1.29, 1.82) is 0 Å². The maximum absolute atomic E-state index is 15.0. The average molecular weight is 510 g/mol. The third kappa shape index (κ3) is 4.21. The van der Waals surface area contributed by atoms with E-state index in [2.05, 4.69) is 9.80 Å². The van der Waals surface area contributed by atoms with Gasteiger partial charge in [0.15, 0.2) is 5.66 Å². The third-order valence-corrected chi connectivity index (χ3v) is 8.74. The quantitative estimate of drug-likeness (QED) is 0.420. The first-order chi connectivity index (χ1) is 17.7. The molecule has 1 saturated carbocycles. The number of quaternary nitrogens is 1. The average Bonchev–Trinajstić information content (AvgIpc) is 3.63. The lowest BCUT2D eigenvalue weighted by Crippen LogP contribution is -2.80. The van der Waals surface area contributed by atoms with Crippen molar-refractivity contribution >= 4 is 18.0 Å². The molecule has 2 aromatic rings. The minimum atomic E-state index is -1.17. The molecule has 4 atom stereocenters. The van der Waals surface area contributed by atoms with Crippen LogP contribution in [0, 0.1) is 11.6 Å². The number of halogens is 2. The number of likely N-dealkylation sites (tertiary alicyclic amines) is 1. The second-order valence-corrected chi connectivity index (χ2v) is 10.9. The highest BCUT2D eigenvalue weighted by Crippen LogP contribution is 2.54. The van der Waals surface area contributed by atoms with Crippen molar-refractivity contribution < 1.29 is 28.0 Å². The van der Waals surface area contributed by atoms with E-state index in [1.54, 1.807) is 0 Å². The summed E-state index contributed by atoms with van der Waals surface area (Å²) in [6.45, 7) is 0.541. The van der Waals surface area contributed by atoms with Gasteiger partial charge in [-0.2, -0.15) is 0 Å². The second kappa shape index (κ2) is 9.74. The number of piperidine rings is 1. The highest BCUT2D eigenvalue weighted by Gasteiger charge is 2.66. The molecule has 5 rings (SSSR count). The van der Waals surface area contributed by atoms with E-state index in [0.717, 1.165) is 36.8 Å². The second-order valence-electron chi connectivity index (χ2n) is 10.9. The maximum Gasteiger partial charge on any atom is 0.259 e. The molecule has 3 aliphatic rings. The van der Waals surface area contributed by atoms with Crippen LogP contribution < -0.4 is 5.11 Å². The van der Waals surface area contributed by atoms with Gasteiger partial charge in [0.2, 0.25) is 0 Å². The Labute approximate surface area is 216 Å². The van der Waals surface area contributed by atoms with Crippen molar-refractivity contribution in [2.75, 3.05) is 27.2 Å². The van der Waals surface area contributed by atoms with E-state index in [4.69, 9.17) is 0 Å². The van der Waals surface area contributed by atoms with Crippen molar-refractivity contribution in [2.45, 2.75) is 55.9 Å². The molecule has 0 aromatic heterocycles. The smallest absolute Gasteiger partial charge is 0.259 e. The lowest BCUT2D eigenvalue weighted by Gasteiger charge is -2.61. The zero-order valence-corrected chi connectivity index (χ0v) is 21.3. The Bertz CT molecular complexity index is 1220. The summed E-state index contributed by atoms with van der Waals surface area (Å²) in [7, 11) is 3.94. The Morgan fingerprint density at radius 2 is 1.89 bits per heavy atom. The molecule has 37 heavy (non-hydrogen) atoms. The standard InChI is InChI=1S/C29H33F2N3O3/c1-32(2)23-12-14-34(28(36)37,24-9-10-24)29(18-23,13-15-35)33-19-21(25-17-22(30)8-11-26(25)31)16-27(33)20-6-4-3-5-7-20/h3-8,11,15-17,23-24,27H,9-10,12-14,18-19H2,1-2H3/t23?,27-,29?,34+/m0/s1. The number of nitrogens with zero attached hydrogens (tertiary/aromatic N) is 3. The van der Waals surface area contributed by atoms with Crippen LogP contribution in [0.25, 0.3) is 5.57 Å². The molecule has 2 fully saturated rings. The summed E-state index contributed by atoms with van der Waals surface area (Å²) in [5.74, 6) is -1.08. The van der Waals surface area contributed by atoms with Crippen LogP contribution in [-0.2, 0) is 4.79 Å². The molecule has 1 aliphatic carbocycles. The van der Waals surface area contributed by atoms with Gasteiger partial charge in [0.05, 0.1) is 25.0 Å². The Hall–Kier alpha value is -2.94. The lowest BCUT2D eigenvalue weighted by atomic mass is 9.82. The molecule has 2 unspecified atom stereocenters. The topological polar surface area (TPSA) is 63.7 Å². The molecule has 2 heterocycles. The fourth-order valence-corrected chi connectivity index (χ4v) is 6.80. The van der Waals surface area contributed by atoms with Gasteiger partial charge < -0.3 is 19.6 Å². The summed E-state index contributed by atoms with van der Waals surface area (Å²) in [6.07, 6.45) is 4.17. The lowest BCUT2D eigenvalue weighted by molar-refractivity contribution is -0.954. The van der Waals surface area contributed by atoms with Gasteiger partial charge in [0, 0.05) is 43.8 Å². The van der Waals surface area contributed by atoms with Crippen molar-refractivity contribution in [3.05, 3.63) is 77.4 Å². The maximum atomic E-state index is 15.0. The molecule has 2 aliphatic heterocycles. The van der Waals surface area contributed by atoms with Crippen LogP contribution >= 0.6 is 0 Å². The molecule has 6 nitrogen and oxygen atoms in total. The van der Waals surface area contributed by atoms with Crippen LogP contribution in [0.2, 0.25) is 0 Å². The van der Waals surface area contributed by atoms with E-state index in [9.17, 15) is 23.5 Å². The fraction of sp³-hybridized carbons (Fsp3) is 0.448. The summed E-state index contributed by atoms with van der Waals surface area (Å²) < 4.78 is 28.9. The number of carboxylic acid groups (broad SMARTS) is 1. The number of carbonyl (C=O) groups excluding carboxylic acids is 2. The van der Waals surface area contributed by atoms with Crippen molar-refractivity contribution in [3.63, 3.8) is 0 Å². The molecule has 0 radical (unpaired) electrons. The number of hydrogen-bond acceptors (Lipinski definition) is 5. The Morgan fingerprint density at radius 1 is 1.16 bits per heavy atom. The van der Waals surface area contributed by atoms with Gasteiger partial charge >= 0.3 is 0 Å². The van der Waals surface area contributed by atoms with Gasteiger partial charge in [-0.3, -0.25) is 4.48 Å². The first kappa shape index (κ1) is 25.7. The van der Waals surface area contributed by atoms with Crippen LogP contribution in [0.1, 0.15) is 49.3 Å². The fourth-order valence-electron chi connectivity index (χ4n) is 6.80. The van der Waals surface area contributed by atoms with E-state index in [1.807, 2.05) is 50.5 Å². The molecule has 1 saturated heterocycles. The van der Waals surface area contributed by atoms with E-state index in [1.165, 1.54) is 6.07 Å². The van der Waals surface area contributed by atoms with Gasteiger partial charge in [0.1, 0.15) is 17.9 Å². The highest BCUT2D eigenvalue weighted by atomic mass is 19.1. The predicted molar refractivity (Wildman–Crippen MR) is 134 cm³/mol. The Balaban J connectivity index is 1.71. The summed E-state index contributed by atoms with van der Waals surface area (Å²) in [4.78, 5) is 29.7. The van der Waals surface area contributed by atoms with E-state index >= 15 is 0 Å². The zero-order valence-electron chi connectivity index (χ0n) is 21.3. The molecule has 0 spiro atoms. The van der Waals surface area contributed by atoms with Crippen molar-refractivity contribution in [2.24, 2.45) is 0 Å². The molecule has 1 amide bonds. The zero-order chi connectivity index (χ0) is 26.4. The number of hydrogen-bond donors (Lipinski definition) is 0. The van der Waals surface area contributed by atoms with Gasteiger partial charge in [-0.05, 0) is 43.4 Å². The Morgan fingerprint density at radius 3 is 2.51 bits per heavy atom. The molecular weight excluding hydrogens is 476 g/mol. The summed E-state index contributed by atoms with van der Waals surface area (Å²) in [6, 6.07) is 12.5. The predicted octanol–water partition coefficient (Wildman–Crippen LogP) is 3.74. The summed E-state index contributed by atoms with van der Waals surface area (Å²) >= 11 is 0. The SMILES string of the molecule is CN(C)C1CC[N@+](C(=O)[O-])(C2CC2)C(CC=O)(N2CC(c3cc(F)ccc3F)=C[C@H]2c2ccccc2)C1. The van der Waals surface area contributed by atoms with Crippen LogP contribution in [0.3, 0.4) is 0 Å². The van der Waals surface area contributed by atoms with Crippen molar-refractivity contribution in [1.82, 2.24) is 9.80 Å².